The fraction of sp³-hybridized carbons (Fsp3) is 0.182. The first kappa shape index (κ1) is 14.4. The molecule has 0 bridgehead atoms. The molecule has 0 aliphatic heterocycles. The lowest BCUT2D eigenvalue weighted by molar-refractivity contribution is -0.119. The standard InChI is InChI=1S/C11H12FN3O4/c1-5(9(13)16)14-11(19)15-8-3-2-6(10(17)18)4-7(8)12/h2-5H,1H3,(H2,13,16)(H,17,18)(H2,14,15,19). The SMILES string of the molecule is CC(NC(=O)Nc1ccc(C(=O)O)cc1F)C(N)=O. The number of hydrogen-bond donors (Lipinski definition) is 4. The van der Waals surface area contributed by atoms with Gasteiger partial charge in [0.25, 0.3) is 0 Å². The maximum absolute atomic E-state index is 13.5. The van der Waals surface area contributed by atoms with Crippen LogP contribution in [0.25, 0.3) is 0 Å². The molecule has 1 aromatic rings. The van der Waals surface area contributed by atoms with Gasteiger partial charge in [-0.2, -0.15) is 0 Å². The second kappa shape index (κ2) is 5.80. The summed E-state index contributed by atoms with van der Waals surface area (Å²) in [5.74, 6) is -2.92. The van der Waals surface area contributed by atoms with Gasteiger partial charge in [-0.3, -0.25) is 4.79 Å². The van der Waals surface area contributed by atoms with E-state index in [0.717, 1.165) is 18.2 Å². The molecule has 7 nitrogen and oxygen atoms in total. The fourth-order valence-corrected chi connectivity index (χ4v) is 1.18. The highest BCUT2D eigenvalue weighted by molar-refractivity contribution is 5.94. The van der Waals surface area contributed by atoms with Gasteiger partial charge in [0.1, 0.15) is 11.9 Å². The zero-order valence-corrected chi connectivity index (χ0v) is 9.94. The number of nitrogens with one attached hydrogen (secondary N) is 2. The van der Waals surface area contributed by atoms with E-state index in [1.54, 1.807) is 0 Å². The summed E-state index contributed by atoms with van der Waals surface area (Å²) in [7, 11) is 0. The molecule has 1 atom stereocenters. The summed E-state index contributed by atoms with van der Waals surface area (Å²) in [5, 5.41) is 13.0. The first-order valence-corrected chi connectivity index (χ1v) is 5.21. The third-order valence-electron chi connectivity index (χ3n) is 2.24. The molecule has 0 heterocycles. The highest BCUT2D eigenvalue weighted by Crippen LogP contribution is 2.15. The van der Waals surface area contributed by atoms with Gasteiger partial charge in [0, 0.05) is 0 Å². The number of benzene rings is 1. The Bertz CT molecular complexity index is 533. The summed E-state index contributed by atoms with van der Waals surface area (Å²) in [4.78, 5) is 32.7. The molecule has 3 amide bonds. The Labute approximate surface area is 107 Å². The van der Waals surface area contributed by atoms with Crippen LogP contribution in [0.4, 0.5) is 14.9 Å². The number of primary amides is 1. The van der Waals surface area contributed by atoms with Gasteiger partial charge in [0.05, 0.1) is 11.3 Å². The van der Waals surface area contributed by atoms with E-state index in [2.05, 4.69) is 10.6 Å². The van der Waals surface area contributed by atoms with Crippen molar-refractivity contribution < 1.29 is 23.9 Å². The van der Waals surface area contributed by atoms with E-state index >= 15 is 0 Å². The van der Waals surface area contributed by atoms with Gasteiger partial charge in [-0.05, 0) is 25.1 Å². The van der Waals surface area contributed by atoms with Crippen LogP contribution in [0.15, 0.2) is 18.2 Å². The van der Waals surface area contributed by atoms with Gasteiger partial charge in [-0.25, -0.2) is 14.0 Å². The van der Waals surface area contributed by atoms with Crippen molar-refractivity contribution in [1.82, 2.24) is 5.32 Å². The summed E-state index contributed by atoms with van der Waals surface area (Å²) < 4.78 is 13.5. The molecule has 8 heteroatoms. The van der Waals surface area contributed by atoms with Crippen molar-refractivity contribution in [3.8, 4) is 0 Å². The van der Waals surface area contributed by atoms with Crippen LogP contribution in [0.5, 0.6) is 0 Å². The Kier molecular flexibility index (Phi) is 4.41. The Morgan fingerprint density at radius 2 is 2.00 bits per heavy atom. The average molecular weight is 269 g/mol. The van der Waals surface area contributed by atoms with Crippen molar-refractivity contribution >= 4 is 23.6 Å². The molecular weight excluding hydrogens is 257 g/mol. The highest BCUT2D eigenvalue weighted by Gasteiger charge is 2.14. The van der Waals surface area contributed by atoms with E-state index < -0.39 is 29.8 Å². The minimum atomic E-state index is -1.28. The summed E-state index contributed by atoms with van der Waals surface area (Å²) in [5.41, 5.74) is 4.49. The zero-order chi connectivity index (χ0) is 14.6. The van der Waals surface area contributed by atoms with Crippen molar-refractivity contribution in [3.05, 3.63) is 29.6 Å². The van der Waals surface area contributed by atoms with Gasteiger partial charge >= 0.3 is 12.0 Å². The molecule has 0 aromatic heterocycles. The Balaban J connectivity index is 2.75. The minimum absolute atomic E-state index is 0.209. The number of halogens is 1. The molecule has 5 N–H and O–H groups in total. The molecule has 19 heavy (non-hydrogen) atoms. The predicted octanol–water partition coefficient (Wildman–Crippen LogP) is 0.519. The summed E-state index contributed by atoms with van der Waals surface area (Å²) in [6.07, 6.45) is 0. The Hall–Kier alpha value is -2.64. The molecule has 102 valence electrons. The van der Waals surface area contributed by atoms with Crippen molar-refractivity contribution in [2.45, 2.75) is 13.0 Å². The number of nitrogens with two attached hydrogens (primary N) is 1. The topological polar surface area (TPSA) is 122 Å². The van der Waals surface area contributed by atoms with E-state index in [1.807, 2.05) is 0 Å². The van der Waals surface area contributed by atoms with Crippen LogP contribution in [0.1, 0.15) is 17.3 Å². The monoisotopic (exact) mass is 269 g/mol. The molecule has 1 unspecified atom stereocenters. The molecular formula is C11H12FN3O4. The van der Waals surface area contributed by atoms with Gasteiger partial charge in [-0.15, -0.1) is 0 Å². The number of carboxylic acid groups (broad SMARTS) is 1. The lowest BCUT2D eigenvalue weighted by atomic mass is 10.2. The van der Waals surface area contributed by atoms with Crippen molar-refractivity contribution in [1.29, 1.82) is 0 Å². The molecule has 0 aliphatic carbocycles. The van der Waals surface area contributed by atoms with Gasteiger partial charge < -0.3 is 21.5 Å². The second-order valence-electron chi connectivity index (χ2n) is 3.72. The lowest BCUT2D eigenvalue weighted by Gasteiger charge is -2.12. The smallest absolute Gasteiger partial charge is 0.335 e. The maximum atomic E-state index is 13.5. The zero-order valence-electron chi connectivity index (χ0n) is 9.94. The first-order valence-electron chi connectivity index (χ1n) is 5.21. The number of aromatic carboxylic acids is 1. The van der Waals surface area contributed by atoms with Crippen LogP contribution in [0, 0.1) is 5.82 Å². The van der Waals surface area contributed by atoms with E-state index in [1.165, 1.54) is 6.92 Å². The molecule has 0 spiro atoms. The van der Waals surface area contributed by atoms with Crippen LogP contribution in [0.2, 0.25) is 0 Å². The van der Waals surface area contributed by atoms with Crippen molar-refractivity contribution in [2.24, 2.45) is 5.73 Å². The maximum Gasteiger partial charge on any atom is 0.335 e. The summed E-state index contributed by atoms with van der Waals surface area (Å²) in [6, 6.07) is 1.27. The Morgan fingerprint density at radius 3 is 2.47 bits per heavy atom. The van der Waals surface area contributed by atoms with E-state index in [4.69, 9.17) is 10.8 Å². The number of urea groups is 1. The third-order valence-corrected chi connectivity index (χ3v) is 2.24. The van der Waals surface area contributed by atoms with Crippen LogP contribution < -0.4 is 16.4 Å². The largest absolute Gasteiger partial charge is 0.478 e. The van der Waals surface area contributed by atoms with Crippen molar-refractivity contribution in [3.63, 3.8) is 0 Å². The third kappa shape index (κ3) is 3.95. The predicted molar refractivity (Wildman–Crippen MR) is 64.2 cm³/mol. The Morgan fingerprint density at radius 1 is 1.37 bits per heavy atom. The van der Waals surface area contributed by atoms with Crippen LogP contribution in [0.3, 0.4) is 0 Å². The van der Waals surface area contributed by atoms with E-state index in [-0.39, 0.29) is 11.3 Å². The van der Waals surface area contributed by atoms with Crippen LogP contribution in [-0.4, -0.2) is 29.1 Å². The number of rotatable bonds is 4. The molecule has 0 fully saturated rings. The van der Waals surface area contributed by atoms with E-state index in [9.17, 15) is 18.8 Å². The molecule has 1 aromatic carbocycles. The average Bonchev–Trinajstić information content (AvgIpc) is 2.31. The highest BCUT2D eigenvalue weighted by atomic mass is 19.1. The molecule has 1 rings (SSSR count). The molecule has 0 aliphatic rings. The summed E-state index contributed by atoms with van der Waals surface area (Å²) >= 11 is 0. The van der Waals surface area contributed by atoms with Gasteiger partial charge in [-0.1, -0.05) is 0 Å². The lowest BCUT2D eigenvalue weighted by Crippen LogP contribution is -2.44. The normalized spacial score (nSPS) is 11.5. The van der Waals surface area contributed by atoms with Crippen LogP contribution in [-0.2, 0) is 4.79 Å². The molecule has 0 saturated heterocycles. The second-order valence-corrected chi connectivity index (χ2v) is 3.72. The molecule has 0 saturated carbocycles. The number of carboxylic acids is 1. The van der Waals surface area contributed by atoms with Crippen LogP contribution >= 0.6 is 0 Å². The number of amides is 3. The first-order chi connectivity index (χ1) is 8.81. The number of anilines is 1. The minimum Gasteiger partial charge on any atom is -0.478 e. The fourth-order valence-electron chi connectivity index (χ4n) is 1.18. The quantitative estimate of drug-likeness (QED) is 0.636. The number of carbonyl (C=O) groups excluding carboxylic acids is 2. The van der Waals surface area contributed by atoms with E-state index in [0.29, 0.717) is 0 Å². The van der Waals surface area contributed by atoms with Gasteiger partial charge in [0.2, 0.25) is 5.91 Å². The summed E-state index contributed by atoms with van der Waals surface area (Å²) in [6.45, 7) is 1.37. The van der Waals surface area contributed by atoms with Crippen molar-refractivity contribution in [2.75, 3.05) is 5.32 Å². The number of carbonyl (C=O) groups is 3. The number of hydrogen-bond acceptors (Lipinski definition) is 3. The molecule has 0 radical (unpaired) electrons. The van der Waals surface area contributed by atoms with Gasteiger partial charge in [0.15, 0.2) is 0 Å².